The van der Waals surface area contributed by atoms with E-state index in [0.29, 0.717) is 0 Å². The molecule has 12 heavy (non-hydrogen) atoms. The monoisotopic (exact) mass is 162 g/mol. The van der Waals surface area contributed by atoms with Gasteiger partial charge >= 0.3 is 0 Å². The number of ketones is 1. The van der Waals surface area contributed by atoms with Crippen LogP contribution in [0.2, 0.25) is 0 Å². The van der Waals surface area contributed by atoms with Gasteiger partial charge in [-0.15, -0.1) is 0 Å². The lowest BCUT2D eigenvalue weighted by atomic mass is 10.1. The molecule has 1 aliphatic rings. The number of rotatable bonds is 2. The average Bonchev–Trinajstić information content (AvgIpc) is 2.87. The van der Waals surface area contributed by atoms with Crippen molar-refractivity contribution in [3.63, 3.8) is 0 Å². The van der Waals surface area contributed by atoms with Crippen LogP contribution in [0, 0.1) is 0 Å². The van der Waals surface area contributed by atoms with Gasteiger partial charge in [0.05, 0.1) is 6.61 Å². The summed E-state index contributed by atoms with van der Waals surface area (Å²) in [5.74, 6) is 0.109. The van der Waals surface area contributed by atoms with E-state index < -0.39 is 0 Å². The molecule has 0 aliphatic carbocycles. The van der Waals surface area contributed by atoms with E-state index in [1.807, 2.05) is 24.3 Å². The summed E-state index contributed by atoms with van der Waals surface area (Å²) in [4.78, 5) is 11.0. The molecule has 0 N–H and O–H groups in total. The molecular formula is C10H10O2. The van der Waals surface area contributed by atoms with E-state index in [4.69, 9.17) is 4.74 Å². The van der Waals surface area contributed by atoms with Gasteiger partial charge in [-0.1, -0.05) is 18.2 Å². The van der Waals surface area contributed by atoms with E-state index in [1.165, 1.54) is 0 Å². The molecule has 0 radical (unpaired) electrons. The molecule has 1 aromatic carbocycles. The summed E-state index contributed by atoms with van der Waals surface area (Å²) in [6.07, 6.45) is 0.240. The molecule has 62 valence electrons. The summed E-state index contributed by atoms with van der Waals surface area (Å²) in [5.41, 5.74) is 1.88. The van der Waals surface area contributed by atoms with Crippen molar-refractivity contribution in [3.05, 3.63) is 35.4 Å². The summed E-state index contributed by atoms with van der Waals surface area (Å²) in [6, 6.07) is 7.62. The number of carbonyl (C=O) groups excluding carboxylic acids is 1. The summed E-state index contributed by atoms with van der Waals surface area (Å²) < 4.78 is 5.12. The normalized spacial score (nSPS) is 20.6. The van der Waals surface area contributed by atoms with Crippen LogP contribution in [0.25, 0.3) is 0 Å². The maximum atomic E-state index is 11.0. The Labute approximate surface area is 71.2 Å². The smallest absolute Gasteiger partial charge is 0.159 e. The molecule has 1 atom stereocenters. The minimum atomic E-state index is 0.109. The van der Waals surface area contributed by atoms with Gasteiger partial charge in [0.15, 0.2) is 5.78 Å². The third kappa shape index (κ3) is 1.38. The van der Waals surface area contributed by atoms with Crippen molar-refractivity contribution >= 4 is 5.78 Å². The first-order valence-electron chi connectivity index (χ1n) is 4.00. The molecule has 0 amide bonds. The second-order valence-corrected chi connectivity index (χ2v) is 3.00. The number of hydrogen-bond donors (Lipinski definition) is 0. The molecule has 1 fully saturated rings. The molecule has 2 rings (SSSR count). The molecule has 1 saturated heterocycles. The molecule has 0 aromatic heterocycles. The van der Waals surface area contributed by atoms with Gasteiger partial charge in [-0.2, -0.15) is 0 Å². The van der Waals surface area contributed by atoms with E-state index in [2.05, 4.69) is 0 Å². The van der Waals surface area contributed by atoms with Crippen LogP contribution < -0.4 is 0 Å². The van der Waals surface area contributed by atoms with Gasteiger partial charge in [0.1, 0.15) is 6.10 Å². The lowest BCUT2D eigenvalue weighted by Crippen LogP contribution is -1.92. The minimum absolute atomic E-state index is 0.109. The van der Waals surface area contributed by atoms with Gasteiger partial charge in [0.25, 0.3) is 0 Å². The van der Waals surface area contributed by atoms with Crippen LogP contribution in [-0.2, 0) is 4.74 Å². The zero-order valence-electron chi connectivity index (χ0n) is 6.91. The zero-order valence-corrected chi connectivity index (χ0v) is 6.91. The molecular weight excluding hydrogens is 152 g/mol. The van der Waals surface area contributed by atoms with E-state index in [-0.39, 0.29) is 11.9 Å². The van der Waals surface area contributed by atoms with Crippen LogP contribution in [-0.4, -0.2) is 12.4 Å². The van der Waals surface area contributed by atoms with Crippen LogP contribution in [0.3, 0.4) is 0 Å². The Bertz CT molecular complexity index is 313. The Morgan fingerprint density at radius 3 is 2.92 bits per heavy atom. The number of ether oxygens (including phenoxy) is 1. The highest BCUT2D eigenvalue weighted by atomic mass is 16.6. The molecule has 0 spiro atoms. The third-order valence-corrected chi connectivity index (χ3v) is 2.00. The maximum Gasteiger partial charge on any atom is 0.159 e. The predicted molar refractivity (Wildman–Crippen MR) is 45.1 cm³/mol. The summed E-state index contributed by atoms with van der Waals surface area (Å²) in [5, 5.41) is 0. The van der Waals surface area contributed by atoms with Crippen LogP contribution in [0.4, 0.5) is 0 Å². The first kappa shape index (κ1) is 7.50. The second kappa shape index (κ2) is 2.72. The lowest BCUT2D eigenvalue weighted by Gasteiger charge is -1.98. The maximum absolute atomic E-state index is 11.0. The summed E-state index contributed by atoms with van der Waals surface area (Å²) >= 11 is 0. The van der Waals surface area contributed by atoms with E-state index in [0.717, 1.165) is 17.7 Å². The number of carbonyl (C=O) groups is 1. The van der Waals surface area contributed by atoms with Gasteiger partial charge in [0.2, 0.25) is 0 Å². The SMILES string of the molecule is CC(=O)c1cccc(C2CO2)c1. The van der Waals surface area contributed by atoms with Crippen molar-refractivity contribution < 1.29 is 9.53 Å². The summed E-state index contributed by atoms with van der Waals surface area (Å²) in [6.45, 7) is 2.37. The Hall–Kier alpha value is -1.15. The van der Waals surface area contributed by atoms with E-state index in [1.54, 1.807) is 6.92 Å². The number of hydrogen-bond acceptors (Lipinski definition) is 2. The molecule has 1 aliphatic heterocycles. The lowest BCUT2D eigenvalue weighted by molar-refractivity contribution is 0.101. The van der Waals surface area contributed by atoms with Crippen molar-refractivity contribution in [3.8, 4) is 0 Å². The van der Waals surface area contributed by atoms with Crippen LogP contribution >= 0.6 is 0 Å². The first-order valence-corrected chi connectivity index (χ1v) is 4.00. The Morgan fingerprint density at radius 2 is 2.33 bits per heavy atom. The van der Waals surface area contributed by atoms with Crippen molar-refractivity contribution in [1.29, 1.82) is 0 Å². The van der Waals surface area contributed by atoms with Crippen LogP contribution in [0.15, 0.2) is 24.3 Å². The van der Waals surface area contributed by atoms with Crippen molar-refractivity contribution in [2.75, 3.05) is 6.61 Å². The minimum Gasteiger partial charge on any atom is -0.368 e. The predicted octanol–water partition coefficient (Wildman–Crippen LogP) is 1.96. The van der Waals surface area contributed by atoms with E-state index >= 15 is 0 Å². The van der Waals surface area contributed by atoms with Crippen molar-refractivity contribution in [2.24, 2.45) is 0 Å². The molecule has 0 bridgehead atoms. The molecule has 1 aromatic rings. The van der Waals surface area contributed by atoms with Crippen molar-refractivity contribution in [2.45, 2.75) is 13.0 Å². The van der Waals surface area contributed by atoms with Gasteiger partial charge in [0, 0.05) is 5.56 Å². The Kier molecular flexibility index (Phi) is 1.70. The van der Waals surface area contributed by atoms with Gasteiger partial charge in [-0.05, 0) is 18.6 Å². The molecule has 1 heterocycles. The highest BCUT2D eigenvalue weighted by Gasteiger charge is 2.24. The standard InChI is InChI=1S/C10H10O2/c1-7(11)8-3-2-4-9(5-8)10-6-12-10/h2-5,10H,6H2,1H3. The number of benzene rings is 1. The number of epoxide rings is 1. The largest absolute Gasteiger partial charge is 0.368 e. The fraction of sp³-hybridized carbons (Fsp3) is 0.300. The quantitative estimate of drug-likeness (QED) is 0.491. The molecule has 1 unspecified atom stereocenters. The molecule has 2 heteroatoms. The first-order chi connectivity index (χ1) is 5.77. The van der Waals surface area contributed by atoms with Gasteiger partial charge < -0.3 is 4.74 Å². The topological polar surface area (TPSA) is 29.6 Å². The summed E-state index contributed by atoms with van der Waals surface area (Å²) in [7, 11) is 0. The Morgan fingerprint density at radius 1 is 1.58 bits per heavy atom. The third-order valence-electron chi connectivity index (χ3n) is 2.00. The molecule has 2 nitrogen and oxygen atoms in total. The Balaban J connectivity index is 2.32. The van der Waals surface area contributed by atoms with Gasteiger partial charge in [-0.25, -0.2) is 0 Å². The van der Waals surface area contributed by atoms with Crippen LogP contribution in [0.1, 0.15) is 28.9 Å². The fourth-order valence-electron chi connectivity index (χ4n) is 1.20. The van der Waals surface area contributed by atoms with Crippen LogP contribution in [0.5, 0.6) is 0 Å². The second-order valence-electron chi connectivity index (χ2n) is 3.00. The highest BCUT2D eigenvalue weighted by Crippen LogP contribution is 2.29. The molecule has 0 saturated carbocycles. The van der Waals surface area contributed by atoms with E-state index in [9.17, 15) is 4.79 Å². The fourth-order valence-corrected chi connectivity index (χ4v) is 1.20. The average molecular weight is 162 g/mol. The van der Waals surface area contributed by atoms with Crippen molar-refractivity contribution in [1.82, 2.24) is 0 Å². The number of Topliss-reactive ketones (excluding diaryl/α,β-unsaturated/α-hetero) is 1. The van der Waals surface area contributed by atoms with Gasteiger partial charge in [-0.3, -0.25) is 4.79 Å². The zero-order chi connectivity index (χ0) is 8.55. The highest BCUT2D eigenvalue weighted by molar-refractivity contribution is 5.94.